The predicted molar refractivity (Wildman–Crippen MR) is 98.8 cm³/mol. The number of aromatic nitrogens is 1. The molecule has 3 N–H and O–H groups in total. The van der Waals surface area contributed by atoms with Gasteiger partial charge in [-0.15, -0.1) is 12.4 Å². The molecule has 1 atom stereocenters. The van der Waals surface area contributed by atoms with Gasteiger partial charge in [-0.05, 0) is 25.8 Å². The summed E-state index contributed by atoms with van der Waals surface area (Å²) in [5, 5.41) is 5.41. The molecule has 6 nitrogen and oxygen atoms in total. The molecule has 0 aliphatic carbocycles. The molecule has 1 amide bonds. The van der Waals surface area contributed by atoms with Gasteiger partial charge in [0.05, 0.1) is 0 Å². The number of nitrogens with one attached hydrogen (secondary N) is 3. The number of nitrogens with zero attached hydrogens (tertiary/aromatic N) is 1. The standard InChI is InChI=1S/C17H25F3N4O2.ClH/c1-4-12-14(11(3)25)10(2)23-15(12)16(26)22-9-13(17(18,19)20)24-7-5-21-6-8-24;/h13,21,23H,4-9H2,1-3H3,(H,22,26);1H. The van der Waals surface area contributed by atoms with Crippen LogP contribution in [-0.2, 0) is 6.42 Å². The van der Waals surface area contributed by atoms with Gasteiger partial charge in [0.15, 0.2) is 5.78 Å². The summed E-state index contributed by atoms with van der Waals surface area (Å²) in [7, 11) is 0. The van der Waals surface area contributed by atoms with Gasteiger partial charge in [-0.3, -0.25) is 14.5 Å². The summed E-state index contributed by atoms with van der Waals surface area (Å²) in [6.45, 7) is 5.86. The molecule has 2 heterocycles. The van der Waals surface area contributed by atoms with E-state index in [4.69, 9.17) is 0 Å². The zero-order valence-corrected chi connectivity index (χ0v) is 16.4. The SMILES string of the molecule is CCc1c(C(=O)NCC(N2CCNCC2)C(F)(F)F)[nH]c(C)c1C(C)=O.Cl. The second kappa shape index (κ2) is 9.57. The van der Waals surface area contributed by atoms with Gasteiger partial charge >= 0.3 is 6.18 Å². The maximum absolute atomic E-state index is 13.4. The summed E-state index contributed by atoms with van der Waals surface area (Å²) in [5.41, 5.74) is 1.69. The fourth-order valence-corrected chi connectivity index (χ4v) is 3.42. The van der Waals surface area contributed by atoms with Crippen molar-refractivity contribution in [1.82, 2.24) is 20.5 Å². The number of hydrogen-bond donors (Lipinski definition) is 3. The lowest BCUT2D eigenvalue weighted by Gasteiger charge is -2.35. The minimum Gasteiger partial charge on any atom is -0.354 e. The lowest BCUT2D eigenvalue weighted by molar-refractivity contribution is -0.183. The van der Waals surface area contributed by atoms with Gasteiger partial charge in [-0.2, -0.15) is 13.2 Å². The smallest absolute Gasteiger partial charge is 0.354 e. The minimum absolute atomic E-state index is 0. The molecule has 1 aliphatic heterocycles. The summed E-state index contributed by atoms with van der Waals surface area (Å²) >= 11 is 0. The number of piperazine rings is 1. The molecule has 1 unspecified atom stereocenters. The van der Waals surface area contributed by atoms with Crippen LogP contribution in [0.3, 0.4) is 0 Å². The van der Waals surface area contributed by atoms with E-state index in [1.807, 2.05) is 0 Å². The van der Waals surface area contributed by atoms with Crippen LogP contribution in [0.25, 0.3) is 0 Å². The Hall–Kier alpha value is -1.58. The molecule has 10 heteroatoms. The Morgan fingerprint density at radius 3 is 2.33 bits per heavy atom. The number of rotatable bonds is 6. The number of ketones is 1. The molecule has 0 bridgehead atoms. The number of H-pyrrole nitrogens is 1. The van der Waals surface area contributed by atoms with Gasteiger partial charge in [0, 0.05) is 44.0 Å². The van der Waals surface area contributed by atoms with Crippen LogP contribution in [0.2, 0.25) is 0 Å². The number of hydrogen-bond acceptors (Lipinski definition) is 4. The Kier molecular flexibility index (Phi) is 8.31. The maximum Gasteiger partial charge on any atom is 0.405 e. The van der Waals surface area contributed by atoms with E-state index in [0.29, 0.717) is 36.3 Å². The van der Waals surface area contributed by atoms with Gasteiger partial charge < -0.3 is 15.6 Å². The van der Waals surface area contributed by atoms with Crippen molar-refractivity contribution in [3.05, 3.63) is 22.5 Å². The summed E-state index contributed by atoms with van der Waals surface area (Å²) in [5.74, 6) is -0.800. The fourth-order valence-electron chi connectivity index (χ4n) is 3.42. The van der Waals surface area contributed by atoms with Crippen molar-refractivity contribution in [3.63, 3.8) is 0 Å². The molecule has 1 saturated heterocycles. The van der Waals surface area contributed by atoms with E-state index in [1.165, 1.54) is 11.8 Å². The van der Waals surface area contributed by atoms with Gasteiger partial charge in [0.25, 0.3) is 5.91 Å². The van der Waals surface area contributed by atoms with Crippen molar-refractivity contribution in [3.8, 4) is 0 Å². The van der Waals surface area contributed by atoms with Crippen molar-refractivity contribution in [2.45, 2.75) is 39.4 Å². The lowest BCUT2D eigenvalue weighted by atomic mass is 10.0. The highest BCUT2D eigenvalue weighted by molar-refractivity contribution is 6.02. The maximum atomic E-state index is 13.4. The molecule has 1 aromatic heterocycles. The number of aryl methyl sites for hydroxylation is 1. The number of amides is 1. The molecule has 0 aromatic carbocycles. The fraction of sp³-hybridized carbons (Fsp3) is 0.647. The molecular formula is C17H26ClF3N4O2. The van der Waals surface area contributed by atoms with E-state index in [0.717, 1.165) is 0 Å². The molecule has 2 rings (SSSR count). The summed E-state index contributed by atoms with van der Waals surface area (Å²) < 4.78 is 40.2. The number of halogens is 4. The van der Waals surface area contributed by atoms with Crippen LogP contribution < -0.4 is 10.6 Å². The first-order chi connectivity index (χ1) is 12.2. The van der Waals surface area contributed by atoms with Crippen LogP contribution in [0.4, 0.5) is 13.2 Å². The number of alkyl halides is 3. The number of carbonyl (C=O) groups excluding carboxylic acids is 2. The predicted octanol–water partition coefficient (Wildman–Crippen LogP) is 2.08. The first kappa shape index (κ1) is 23.5. The molecule has 0 radical (unpaired) electrons. The van der Waals surface area contributed by atoms with Crippen LogP contribution in [0, 0.1) is 6.92 Å². The molecule has 0 saturated carbocycles. The Bertz CT molecular complexity index is 670. The van der Waals surface area contributed by atoms with Gasteiger partial charge in [0.2, 0.25) is 0 Å². The van der Waals surface area contributed by atoms with E-state index in [-0.39, 0.29) is 37.0 Å². The number of Topliss-reactive ketones (excluding diaryl/α,β-unsaturated/α-hetero) is 1. The Labute approximate surface area is 162 Å². The van der Waals surface area contributed by atoms with Crippen LogP contribution in [0.5, 0.6) is 0 Å². The third-order valence-corrected chi connectivity index (χ3v) is 4.65. The summed E-state index contributed by atoms with van der Waals surface area (Å²) in [6.07, 6.45) is -4.00. The average Bonchev–Trinajstić information content (AvgIpc) is 2.91. The summed E-state index contributed by atoms with van der Waals surface area (Å²) in [4.78, 5) is 28.4. The zero-order valence-electron chi connectivity index (χ0n) is 15.6. The van der Waals surface area contributed by atoms with Crippen molar-refractivity contribution in [2.24, 2.45) is 0 Å². The van der Waals surface area contributed by atoms with Gasteiger partial charge in [0.1, 0.15) is 11.7 Å². The van der Waals surface area contributed by atoms with Crippen molar-refractivity contribution in [1.29, 1.82) is 0 Å². The molecular weight excluding hydrogens is 385 g/mol. The van der Waals surface area contributed by atoms with Crippen LogP contribution in [-0.4, -0.2) is 66.5 Å². The summed E-state index contributed by atoms with van der Waals surface area (Å²) in [6, 6.07) is -1.73. The van der Waals surface area contributed by atoms with Gasteiger partial charge in [-0.1, -0.05) is 6.92 Å². The molecule has 0 spiro atoms. The van der Waals surface area contributed by atoms with Crippen molar-refractivity contribution in [2.75, 3.05) is 32.7 Å². The van der Waals surface area contributed by atoms with E-state index in [2.05, 4.69) is 15.6 Å². The van der Waals surface area contributed by atoms with Crippen LogP contribution in [0.1, 0.15) is 46.0 Å². The second-order valence-electron chi connectivity index (χ2n) is 6.44. The van der Waals surface area contributed by atoms with Crippen molar-refractivity contribution >= 4 is 24.1 Å². The minimum atomic E-state index is -4.44. The monoisotopic (exact) mass is 410 g/mol. The molecule has 1 aromatic rings. The highest BCUT2D eigenvalue weighted by atomic mass is 35.5. The van der Waals surface area contributed by atoms with E-state index in [1.54, 1.807) is 13.8 Å². The second-order valence-corrected chi connectivity index (χ2v) is 6.44. The highest BCUT2D eigenvalue weighted by Gasteiger charge is 2.44. The highest BCUT2D eigenvalue weighted by Crippen LogP contribution is 2.25. The van der Waals surface area contributed by atoms with Gasteiger partial charge in [-0.25, -0.2) is 0 Å². The largest absolute Gasteiger partial charge is 0.405 e. The Balaban J connectivity index is 0.00000364. The quantitative estimate of drug-likeness (QED) is 0.627. The topological polar surface area (TPSA) is 77.2 Å². The first-order valence-corrected chi connectivity index (χ1v) is 8.68. The van der Waals surface area contributed by atoms with E-state index < -0.39 is 24.7 Å². The molecule has 27 heavy (non-hydrogen) atoms. The zero-order chi connectivity index (χ0) is 19.5. The Morgan fingerprint density at radius 1 is 1.26 bits per heavy atom. The van der Waals surface area contributed by atoms with Crippen molar-refractivity contribution < 1.29 is 22.8 Å². The number of carbonyl (C=O) groups is 2. The normalized spacial score (nSPS) is 16.5. The average molecular weight is 411 g/mol. The molecule has 154 valence electrons. The first-order valence-electron chi connectivity index (χ1n) is 8.68. The number of aromatic amines is 1. The lowest BCUT2D eigenvalue weighted by Crippen LogP contribution is -2.57. The van der Waals surface area contributed by atoms with Crippen LogP contribution >= 0.6 is 12.4 Å². The van der Waals surface area contributed by atoms with Crippen LogP contribution in [0.15, 0.2) is 0 Å². The molecule has 1 fully saturated rings. The van der Waals surface area contributed by atoms with E-state index >= 15 is 0 Å². The molecule has 1 aliphatic rings. The van der Waals surface area contributed by atoms with E-state index in [9.17, 15) is 22.8 Å². The third-order valence-electron chi connectivity index (χ3n) is 4.65. The third kappa shape index (κ3) is 5.46. The Morgan fingerprint density at radius 2 is 1.85 bits per heavy atom.